The molecule has 4 aliphatic carbocycles. The highest BCUT2D eigenvalue weighted by Gasteiger charge is 2.68. The maximum atomic E-state index is 13.3. The van der Waals surface area contributed by atoms with Crippen molar-refractivity contribution in [1.29, 1.82) is 0 Å². The molecule has 4 aliphatic rings. The number of aliphatic hydroxyl groups excluding tert-OH is 1. The first-order valence-electron chi connectivity index (χ1n) is 13.9. The van der Waals surface area contributed by atoms with Crippen LogP contribution in [0, 0.1) is 39.4 Å². The average molecular weight is 489 g/mol. The molecule has 5 heteroatoms. The summed E-state index contributed by atoms with van der Waals surface area (Å²) in [5.74, 6) is 0.534. The van der Waals surface area contributed by atoms with Gasteiger partial charge in [0.2, 0.25) is 0 Å². The second kappa shape index (κ2) is 8.41. The maximum absolute atomic E-state index is 13.3. The Morgan fingerprint density at radius 3 is 2.26 bits per heavy atom. The zero-order valence-corrected chi connectivity index (χ0v) is 23.0. The molecule has 0 spiro atoms. The van der Waals surface area contributed by atoms with Crippen LogP contribution in [0.1, 0.15) is 113 Å². The normalized spacial score (nSPS) is 40.5. The monoisotopic (exact) mass is 488 g/mol. The minimum absolute atomic E-state index is 0.0880. The number of aliphatic carboxylic acids is 1. The summed E-state index contributed by atoms with van der Waals surface area (Å²) in [6.45, 7) is 14.3. The van der Waals surface area contributed by atoms with E-state index in [0.717, 1.165) is 44.9 Å². The van der Waals surface area contributed by atoms with Crippen LogP contribution in [0.15, 0.2) is 11.1 Å². The van der Waals surface area contributed by atoms with Crippen LogP contribution in [0.4, 0.5) is 0 Å². The van der Waals surface area contributed by atoms with Gasteiger partial charge in [-0.15, -0.1) is 0 Å². The molecule has 5 nitrogen and oxygen atoms in total. The lowest BCUT2D eigenvalue weighted by Gasteiger charge is -2.60. The van der Waals surface area contributed by atoms with Crippen molar-refractivity contribution in [2.24, 2.45) is 39.4 Å². The lowest BCUT2D eigenvalue weighted by atomic mass is 9.43. The van der Waals surface area contributed by atoms with Crippen LogP contribution in [0.25, 0.3) is 0 Å². The van der Waals surface area contributed by atoms with Crippen LogP contribution in [0.2, 0.25) is 0 Å². The highest BCUT2D eigenvalue weighted by atomic mass is 16.4. The lowest BCUT2D eigenvalue weighted by Crippen LogP contribution is -2.56. The fourth-order valence-electron chi connectivity index (χ4n) is 9.53. The maximum Gasteiger partial charge on any atom is 0.314 e. The largest absolute Gasteiger partial charge is 0.481 e. The van der Waals surface area contributed by atoms with Crippen LogP contribution < -0.4 is 0 Å². The topological polar surface area (TPSA) is 94.8 Å². The molecule has 0 bridgehead atoms. The first kappa shape index (κ1) is 26.9. The van der Waals surface area contributed by atoms with Gasteiger partial charge in [-0.3, -0.25) is 9.59 Å². The smallest absolute Gasteiger partial charge is 0.314 e. The minimum Gasteiger partial charge on any atom is -0.481 e. The predicted octanol–water partition coefficient (Wildman–Crippen LogP) is 5.92. The molecule has 7 unspecified atom stereocenters. The molecular formula is C30H48O5. The van der Waals surface area contributed by atoms with Crippen LogP contribution >= 0.6 is 0 Å². The number of carboxylic acid groups (broad SMARTS) is 1. The van der Waals surface area contributed by atoms with E-state index in [4.69, 9.17) is 0 Å². The molecule has 198 valence electrons. The summed E-state index contributed by atoms with van der Waals surface area (Å²) in [7, 11) is 0. The summed E-state index contributed by atoms with van der Waals surface area (Å²) in [6, 6.07) is 0. The number of allylic oxidation sites excluding steroid dienone is 1. The average Bonchev–Trinajstić information content (AvgIpc) is 3.08. The van der Waals surface area contributed by atoms with Crippen LogP contribution in [-0.2, 0) is 9.59 Å². The molecule has 0 radical (unpaired) electrons. The number of rotatable bonds is 6. The van der Waals surface area contributed by atoms with Gasteiger partial charge >= 0.3 is 5.97 Å². The highest BCUT2D eigenvalue weighted by molar-refractivity contribution is 5.86. The van der Waals surface area contributed by atoms with Crippen LogP contribution in [0.3, 0.4) is 0 Å². The molecule has 0 amide bonds. The lowest BCUT2D eigenvalue weighted by molar-refractivity contribution is -0.157. The number of carbonyl (C=O) groups is 2. The summed E-state index contributed by atoms with van der Waals surface area (Å²) >= 11 is 0. The van der Waals surface area contributed by atoms with Crippen molar-refractivity contribution in [3.05, 3.63) is 11.1 Å². The van der Waals surface area contributed by atoms with Crippen molar-refractivity contribution in [1.82, 2.24) is 0 Å². The molecule has 2 fully saturated rings. The fourth-order valence-corrected chi connectivity index (χ4v) is 9.53. The van der Waals surface area contributed by atoms with Crippen molar-refractivity contribution in [3.63, 3.8) is 0 Å². The molecule has 7 atom stereocenters. The van der Waals surface area contributed by atoms with Gasteiger partial charge in [-0.1, -0.05) is 45.8 Å². The molecule has 4 rings (SSSR count). The van der Waals surface area contributed by atoms with Gasteiger partial charge in [-0.05, 0) is 100 Å². The van der Waals surface area contributed by atoms with E-state index >= 15 is 0 Å². The van der Waals surface area contributed by atoms with E-state index in [1.165, 1.54) is 11.1 Å². The van der Waals surface area contributed by atoms with Gasteiger partial charge in [0.15, 0.2) is 0 Å². The first-order chi connectivity index (χ1) is 16.0. The Morgan fingerprint density at radius 2 is 1.66 bits per heavy atom. The third-order valence-electron chi connectivity index (χ3n) is 11.8. The Hall–Kier alpha value is -1.20. The van der Waals surface area contributed by atoms with E-state index in [1.807, 2.05) is 0 Å². The third kappa shape index (κ3) is 3.69. The number of ketones is 1. The summed E-state index contributed by atoms with van der Waals surface area (Å²) in [6.07, 6.45) is 7.05. The first-order valence-corrected chi connectivity index (χ1v) is 13.9. The fraction of sp³-hybridized carbons (Fsp3) is 0.867. The Morgan fingerprint density at radius 1 is 1.00 bits per heavy atom. The number of aliphatic hydroxyl groups is 2. The Balaban J connectivity index is 1.70. The van der Waals surface area contributed by atoms with Gasteiger partial charge in [0.25, 0.3) is 0 Å². The van der Waals surface area contributed by atoms with E-state index < -0.39 is 23.1 Å². The second-order valence-corrected chi connectivity index (χ2v) is 14.1. The zero-order chi connectivity index (χ0) is 26.2. The molecule has 0 aliphatic heterocycles. The van der Waals surface area contributed by atoms with Gasteiger partial charge in [0, 0.05) is 11.8 Å². The quantitative estimate of drug-likeness (QED) is 0.404. The van der Waals surface area contributed by atoms with E-state index in [9.17, 15) is 24.9 Å². The van der Waals surface area contributed by atoms with E-state index in [2.05, 4.69) is 34.6 Å². The molecule has 0 aromatic heterocycles. The van der Waals surface area contributed by atoms with Gasteiger partial charge in [0.05, 0.1) is 17.1 Å². The molecular weight excluding hydrogens is 440 g/mol. The van der Waals surface area contributed by atoms with Crippen molar-refractivity contribution < 1.29 is 24.9 Å². The zero-order valence-electron chi connectivity index (χ0n) is 23.0. The van der Waals surface area contributed by atoms with Crippen molar-refractivity contribution in [2.45, 2.75) is 124 Å². The number of hydrogen-bond acceptors (Lipinski definition) is 4. The summed E-state index contributed by atoms with van der Waals surface area (Å²) in [4.78, 5) is 26.1. The Kier molecular flexibility index (Phi) is 6.45. The van der Waals surface area contributed by atoms with Crippen molar-refractivity contribution >= 4 is 11.8 Å². The molecule has 0 aromatic carbocycles. The molecule has 0 heterocycles. The summed E-state index contributed by atoms with van der Waals surface area (Å²) in [5.41, 5.74) is -0.133. The van der Waals surface area contributed by atoms with Crippen molar-refractivity contribution in [3.8, 4) is 0 Å². The number of carbonyl (C=O) groups excluding carboxylic acids is 1. The SMILES string of the molecule is CC(CCC(O)C(C)(C)O)C1CCC2(C(=O)O)C3=C(CCC12C)C1(C)CCC(=O)C(C)(C)C1CC3. The van der Waals surface area contributed by atoms with Gasteiger partial charge in [-0.2, -0.15) is 0 Å². The summed E-state index contributed by atoms with van der Waals surface area (Å²) in [5, 5.41) is 31.4. The number of fused-ring (bicyclic) bond motifs is 4. The standard InChI is InChI=1S/C30H48O5/c1-18(8-11-24(32)27(4,5)35)19-13-17-30(25(33)34)21-9-10-22-26(2,3)23(31)14-15-28(22,6)20(21)12-16-29(19,30)7/h18-19,22,24,32,35H,8-17H2,1-7H3,(H,33,34). The van der Waals surface area contributed by atoms with E-state index in [-0.39, 0.29) is 34.0 Å². The highest BCUT2D eigenvalue weighted by Crippen LogP contribution is 2.72. The van der Waals surface area contributed by atoms with E-state index in [1.54, 1.807) is 13.8 Å². The molecule has 0 aromatic rings. The second-order valence-electron chi connectivity index (χ2n) is 14.1. The van der Waals surface area contributed by atoms with Crippen LogP contribution in [-0.4, -0.2) is 38.8 Å². The number of carboxylic acids is 1. The van der Waals surface area contributed by atoms with E-state index in [0.29, 0.717) is 25.0 Å². The number of Topliss-reactive ketones (excluding diaryl/α,β-unsaturated/α-hetero) is 1. The molecule has 2 saturated carbocycles. The number of hydrogen-bond donors (Lipinski definition) is 3. The van der Waals surface area contributed by atoms with Crippen molar-refractivity contribution in [2.75, 3.05) is 0 Å². The summed E-state index contributed by atoms with van der Waals surface area (Å²) < 4.78 is 0. The Labute approximate surface area is 211 Å². The van der Waals surface area contributed by atoms with Gasteiger partial charge in [0.1, 0.15) is 5.78 Å². The molecule has 3 N–H and O–H groups in total. The van der Waals surface area contributed by atoms with Gasteiger partial charge < -0.3 is 15.3 Å². The molecule has 35 heavy (non-hydrogen) atoms. The minimum atomic E-state index is -1.13. The predicted molar refractivity (Wildman–Crippen MR) is 137 cm³/mol. The van der Waals surface area contributed by atoms with Gasteiger partial charge in [-0.25, -0.2) is 0 Å². The van der Waals surface area contributed by atoms with Crippen LogP contribution in [0.5, 0.6) is 0 Å². The Bertz CT molecular complexity index is 926. The molecule has 0 saturated heterocycles. The third-order valence-corrected chi connectivity index (χ3v) is 11.8.